The molecule has 110 valence electrons. The van der Waals surface area contributed by atoms with Crippen LogP contribution in [0.5, 0.6) is 5.75 Å². The molecule has 1 unspecified atom stereocenters. The van der Waals surface area contributed by atoms with Crippen molar-refractivity contribution in [1.29, 1.82) is 5.26 Å². The zero-order chi connectivity index (χ0) is 15.0. The van der Waals surface area contributed by atoms with Gasteiger partial charge in [0.2, 0.25) is 0 Å². The van der Waals surface area contributed by atoms with Gasteiger partial charge in [0.25, 0.3) is 0 Å². The van der Waals surface area contributed by atoms with E-state index in [9.17, 15) is 5.26 Å². The van der Waals surface area contributed by atoms with E-state index in [4.69, 9.17) is 4.74 Å². The Bertz CT molecular complexity index is 455. The highest BCUT2D eigenvalue weighted by Crippen LogP contribution is 2.27. The number of nitrogens with zero attached hydrogens (tertiary/aromatic N) is 2. The molecule has 1 rings (SSSR count). The van der Waals surface area contributed by atoms with Gasteiger partial charge in [0, 0.05) is 23.1 Å². The van der Waals surface area contributed by atoms with Crippen molar-refractivity contribution in [3.8, 4) is 11.8 Å². The average Bonchev–Trinajstić information content (AvgIpc) is 2.49. The van der Waals surface area contributed by atoms with Crippen LogP contribution in [0.4, 0.5) is 0 Å². The number of nitrogens with one attached hydrogen (secondary N) is 1. The van der Waals surface area contributed by atoms with Crippen molar-refractivity contribution in [3.05, 3.63) is 28.2 Å². The van der Waals surface area contributed by atoms with Crippen molar-refractivity contribution < 1.29 is 4.74 Å². The second-order valence-electron chi connectivity index (χ2n) is 4.43. The molecular formula is C15H22BrN3O. The topological polar surface area (TPSA) is 48.3 Å². The molecule has 0 aliphatic carbocycles. The number of halogens is 1. The van der Waals surface area contributed by atoms with Gasteiger partial charge in [-0.15, -0.1) is 0 Å². The number of hydrogen-bond acceptors (Lipinski definition) is 4. The van der Waals surface area contributed by atoms with Crippen LogP contribution < -0.4 is 10.1 Å². The molecule has 0 amide bonds. The molecule has 0 saturated heterocycles. The highest BCUT2D eigenvalue weighted by atomic mass is 79.9. The number of hydrogen-bond donors (Lipinski definition) is 1. The van der Waals surface area contributed by atoms with Gasteiger partial charge >= 0.3 is 0 Å². The molecule has 1 aromatic rings. The molecule has 0 aliphatic heterocycles. The molecule has 0 aliphatic rings. The van der Waals surface area contributed by atoms with Crippen molar-refractivity contribution in [2.24, 2.45) is 0 Å². The largest absolute Gasteiger partial charge is 0.497 e. The third kappa shape index (κ3) is 4.78. The van der Waals surface area contributed by atoms with Crippen molar-refractivity contribution >= 4 is 15.9 Å². The molecule has 0 spiro atoms. The van der Waals surface area contributed by atoms with Crippen LogP contribution in [0, 0.1) is 11.3 Å². The molecule has 0 radical (unpaired) electrons. The van der Waals surface area contributed by atoms with Gasteiger partial charge in [0.15, 0.2) is 0 Å². The lowest BCUT2D eigenvalue weighted by Gasteiger charge is -2.20. The van der Waals surface area contributed by atoms with Gasteiger partial charge in [-0.3, -0.25) is 5.32 Å². The maximum atomic E-state index is 9.36. The van der Waals surface area contributed by atoms with Gasteiger partial charge in [-0.1, -0.05) is 29.8 Å². The lowest BCUT2D eigenvalue weighted by Crippen LogP contribution is -2.33. The minimum absolute atomic E-state index is 0.338. The first-order chi connectivity index (χ1) is 9.65. The van der Waals surface area contributed by atoms with Gasteiger partial charge < -0.3 is 9.64 Å². The fourth-order valence-electron chi connectivity index (χ4n) is 2.00. The molecule has 0 aromatic heterocycles. The summed E-state index contributed by atoms with van der Waals surface area (Å²) in [4.78, 5) is 2.32. The SMILES string of the molecule is CCN(CC)CCNC(C#N)c1cc(OC)ccc1Br. The Labute approximate surface area is 129 Å². The highest BCUT2D eigenvalue weighted by Gasteiger charge is 2.14. The summed E-state index contributed by atoms with van der Waals surface area (Å²) in [5, 5.41) is 12.6. The Kier molecular flexibility index (Phi) is 7.60. The molecule has 0 heterocycles. The number of methoxy groups -OCH3 is 1. The van der Waals surface area contributed by atoms with E-state index in [1.165, 1.54) is 0 Å². The first-order valence-corrected chi connectivity index (χ1v) is 7.64. The smallest absolute Gasteiger partial charge is 0.122 e. The van der Waals surface area contributed by atoms with E-state index >= 15 is 0 Å². The van der Waals surface area contributed by atoms with Crippen molar-refractivity contribution in [2.75, 3.05) is 33.3 Å². The summed E-state index contributed by atoms with van der Waals surface area (Å²) in [6.07, 6.45) is 0. The summed E-state index contributed by atoms with van der Waals surface area (Å²) in [6, 6.07) is 7.64. The first kappa shape index (κ1) is 17.0. The fourth-order valence-corrected chi connectivity index (χ4v) is 2.48. The molecular weight excluding hydrogens is 318 g/mol. The van der Waals surface area contributed by atoms with Gasteiger partial charge in [-0.25, -0.2) is 0 Å². The van der Waals surface area contributed by atoms with Crippen LogP contribution in [0.3, 0.4) is 0 Å². The molecule has 20 heavy (non-hydrogen) atoms. The summed E-state index contributed by atoms with van der Waals surface area (Å²) in [5.74, 6) is 0.758. The van der Waals surface area contributed by atoms with Gasteiger partial charge in [0.05, 0.1) is 13.2 Å². The third-order valence-electron chi connectivity index (χ3n) is 3.31. The lowest BCUT2D eigenvalue weighted by molar-refractivity contribution is 0.300. The van der Waals surface area contributed by atoms with Crippen molar-refractivity contribution in [2.45, 2.75) is 19.9 Å². The summed E-state index contributed by atoms with van der Waals surface area (Å²) >= 11 is 3.49. The summed E-state index contributed by atoms with van der Waals surface area (Å²) in [7, 11) is 1.63. The van der Waals surface area contributed by atoms with E-state index in [1.807, 2.05) is 18.2 Å². The van der Waals surface area contributed by atoms with Gasteiger partial charge in [-0.05, 0) is 31.3 Å². The Morgan fingerprint density at radius 3 is 2.65 bits per heavy atom. The van der Waals surface area contributed by atoms with Gasteiger partial charge in [0.1, 0.15) is 11.8 Å². The summed E-state index contributed by atoms with van der Waals surface area (Å²) in [6.45, 7) is 8.06. The quantitative estimate of drug-likeness (QED) is 0.790. The number of rotatable bonds is 8. The molecule has 0 saturated carbocycles. The Morgan fingerprint density at radius 2 is 2.10 bits per heavy atom. The minimum Gasteiger partial charge on any atom is -0.497 e. The lowest BCUT2D eigenvalue weighted by atomic mass is 10.1. The predicted molar refractivity (Wildman–Crippen MR) is 84.8 cm³/mol. The second-order valence-corrected chi connectivity index (χ2v) is 5.28. The molecule has 1 atom stereocenters. The normalized spacial score (nSPS) is 12.2. The summed E-state index contributed by atoms with van der Waals surface area (Å²) in [5.41, 5.74) is 0.909. The predicted octanol–water partition coefficient (Wildman–Crippen LogP) is 2.95. The van der Waals surface area contributed by atoms with Crippen LogP contribution in [0.1, 0.15) is 25.5 Å². The monoisotopic (exact) mass is 339 g/mol. The van der Waals surface area contributed by atoms with E-state index in [2.05, 4.69) is 46.1 Å². The number of nitriles is 1. The third-order valence-corrected chi connectivity index (χ3v) is 4.04. The Morgan fingerprint density at radius 1 is 1.40 bits per heavy atom. The van der Waals surface area contributed by atoms with Gasteiger partial charge in [-0.2, -0.15) is 5.26 Å². The first-order valence-electron chi connectivity index (χ1n) is 6.85. The average molecular weight is 340 g/mol. The summed E-state index contributed by atoms with van der Waals surface area (Å²) < 4.78 is 6.13. The molecule has 1 aromatic carbocycles. The van der Waals surface area contributed by atoms with Crippen LogP contribution in [0.25, 0.3) is 0 Å². The Hall–Kier alpha value is -1.09. The second kappa shape index (κ2) is 8.96. The molecule has 1 N–H and O–H groups in total. The fraction of sp³-hybridized carbons (Fsp3) is 0.533. The number of benzene rings is 1. The van der Waals surface area contributed by atoms with Crippen LogP contribution >= 0.6 is 15.9 Å². The Balaban J connectivity index is 2.69. The van der Waals surface area contributed by atoms with Crippen molar-refractivity contribution in [1.82, 2.24) is 10.2 Å². The van der Waals surface area contributed by atoms with E-state index in [0.29, 0.717) is 0 Å². The standard InChI is InChI=1S/C15H22BrN3O/c1-4-19(5-2)9-8-18-15(11-17)13-10-12(20-3)6-7-14(13)16/h6-7,10,15,18H,4-5,8-9H2,1-3H3. The molecule has 0 bridgehead atoms. The molecule has 5 heteroatoms. The molecule has 0 fully saturated rings. The van der Waals surface area contributed by atoms with E-state index in [1.54, 1.807) is 7.11 Å². The zero-order valence-electron chi connectivity index (χ0n) is 12.3. The minimum atomic E-state index is -0.338. The van der Waals surface area contributed by atoms with E-state index in [0.717, 1.165) is 42.0 Å². The highest BCUT2D eigenvalue weighted by molar-refractivity contribution is 9.10. The van der Waals surface area contributed by atoms with E-state index < -0.39 is 0 Å². The zero-order valence-corrected chi connectivity index (χ0v) is 13.9. The van der Waals surface area contributed by atoms with Crippen LogP contribution in [-0.2, 0) is 0 Å². The number of likely N-dealkylation sites (N-methyl/N-ethyl adjacent to an activating group) is 1. The van der Waals surface area contributed by atoms with Crippen LogP contribution in [0.2, 0.25) is 0 Å². The maximum absolute atomic E-state index is 9.36. The van der Waals surface area contributed by atoms with Crippen LogP contribution in [-0.4, -0.2) is 38.2 Å². The van der Waals surface area contributed by atoms with E-state index in [-0.39, 0.29) is 6.04 Å². The van der Waals surface area contributed by atoms with Crippen LogP contribution in [0.15, 0.2) is 22.7 Å². The number of ether oxygens (including phenoxy) is 1. The molecule has 4 nitrogen and oxygen atoms in total. The van der Waals surface area contributed by atoms with Crippen molar-refractivity contribution in [3.63, 3.8) is 0 Å². The maximum Gasteiger partial charge on any atom is 0.122 e.